The molecule has 0 fully saturated rings. The van der Waals surface area contributed by atoms with Gasteiger partial charge in [-0.2, -0.15) is 5.10 Å². The Balaban J connectivity index is 2.11. The molecule has 120 valence electrons. The minimum absolute atomic E-state index is 0.299. The van der Waals surface area contributed by atoms with Crippen molar-refractivity contribution in [3.63, 3.8) is 0 Å². The molecule has 0 amide bonds. The predicted octanol–water partition coefficient (Wildman–Crippen LogP) is 3.72. The molecule has 0 atom stereocenters. The number of thiazole rings is 1. The van der Waals surface area contributed by atoms with E-state index in [2.05, 4.69) is 21.7 Å². The second-order valence-electron chi connectivity index (χ2n) is 4.82. The first-order valence-electron chi connectivity index (χ1n) is 7.32. The second-order valence-corrected chi connectivity index (χ2v) is 5.66. The first-order valence-corrected chi connectivity index (χ1v) is 8.20. The predicted molar refractivity (Wildman–Crippen MR) is 95.6 cm³/mol. The summed E-state index contributed by atoms with van der Waals surface area (Å²) in [6.07, 6.45) is 5.03. The Kier molecular flexibility index (Phi) is 5.08. The maximum atomic E-state index is 14.2. The molecule has 0 saturated carbocycles. The van der Waals surface area contributed by atoms with Crippen LogP contribution in [0.25, 0.3) is 11.3 Å². The molecule has 0 aliphatic carbocycles. The van der Waals surface area contributed by atoms with Gasteiger partial charge in [-0.25, -0.2) is 9.07 Å². The maximum absolute atomic E-state index is 14.2. The van der Waals surface area contributed by atoms with Gasteiger partial charge in [0.15, 0.2) is 0 Å². The van der Waals surface area contributed by atoms with Gasteiger partial charge >= 0.3 is 0 Å². The SMILES string of the molecule is C=CCN=c1scc(-c2ccccc2F)n1N=Cc1ccccn1. The Morgan fingerprint density at radius 1 is 1.21 bits per heavy atom. The molecule has 0 saturated heterocycles. The van der Waals surface area contributed by atoms with E-state index in [0.717, 1.165) is 0 Å². The van der Waals surface area contributed by atoms with Gasteiger partial charge in [0.1, 0.15) is 5.82 Å². The second kappa shape index (κ2) is 7.61. The molecule has 6 heteroatoms. The van der Waals surface area contributed by atoms with Gasteiger partial charge in [-0.15, -0.1) is 17.9 Å². The molecule has 4 nitrogen and oxygen atoms in total. The quantitative estimate of drug-likeness (QED) is 0.516. The molecule has 0 radical (unpaired) electrons. The standard InChI is InChI=1S/C18H15FN4S/c1-2-10-21-18-23(22-12-14-7-5-6-11-20-14)17(13-24-18)15-8-3-4-9-16(15)19/h2-9,11-13H,1,10H2. The van der Waals surface area contributed by atoms with E-state index in [0.29, 0.717) is 28.3 Å². The van der Waals surface area contributed by atoms with Crippen molar-refractivity contribution in [2.24, 2.45) is 10.1 Å². The van der Waals surface area contributed by atoms with Crippen LogP contribution >= 0.6 is 11.3 Å². The third kappa shape index (κ3) is 3.55. The van der Waals surface area contributed by atoms with Crippen molar-refractivity contribution in [3.8, 4) is 11.3 Å². The number of pyridine rings is 1. The Hall–Kier alpha value is -2.86. The summed E-state index contributed by atoms with van der Waals surface area (Å²) in [6.45, 7) is 4.14. The highest BCUT2D eigenvalue weighted by molar-refractivity contribution is 7.07. The van der Waals surface area contributed by atoms with Crippen molar-refractivity contribution in [1.82, 2.24) is 9.66 Å². The summed E-state index contributed by atoms with van der Waals surface area (Å²) in [7, 11) is 0. The zero-order valence-electron chi connectivity index (χ0n) is 12.8. The van der Waals surface area contributed by atoms with Crippen LogP contribution in [0.4, 0.5) is 4.39 Å². The van der Waals surface area contributed by atoms with Crippen LogP contribution in [0.1, 0.15) is 5.69 Å². The fraction of sp³-hybridized carbons (Fsp3) is 0.0556. The van der Waals surface area contributed by atoms with Gasteiger partial charge in [0.2, 0.25) is 4.80 Å². The van der Waals surface area contributed by atoms with Gasteiger partial charge in [0, 0.05) is 17.1 Å². The minimum atomic E-state index is -0.299. The highest BCUT2D eigenvalue weighted by Crippen LogP contribution is 2.23. The number of hydrogen-bond acceptors (Lipinski definition) is 4. The monoisotopic (exact) mass is 338 g/mol. The lowest BCUT2D eigenvalue weighted by molar-refractivity contribution is 0.629. The maximum Gasteiger partial charge on any atom is 0.206 e. The van der Waals surface area contributed by atoms with E-state index in [1.54, 1.807) is 41.4 Å². The molecule has 0 bridgehead atoms. The van der Waals surface area contributed by atoms with Crippen LogP contribution in [0.5, 0.6) is 0 Å². The molecule has 0 aliphatic heterocycles. The van der Waals surface area contributed by atoms with E-state index >= 15 is 0 Å². The lowest BCUT2D eigenvalue weighted by atomic mass is 10.1. The highest BCUT2D eigenvalue weighted by Gasteiger charge is 2.11. The first kappa shape index (κ1) is 16.0. The van der Waals surface area contributed by atoms with Crippen LogP contribution in [-0.2, 0) is 0 Å². The summed E-state index contributed by atoms with van der Waals surface area (Å²) in [6, 6.07) is 12.2. The molecule has 1 aromatic carbocycles. The van der Waals surface area contributed by atoms with Crippen molar-refractivity contribution >= 4 is 17.6 Å². The Bertz CT molecular complexity index is 925. The van der Waals surface area contributed by atoms with Gasteiger partial charge < -0.3 is 0 Å². The van der Waals surface area contributed by atoms with Crippen molar-refractivity contribution < 1.29 is 4.39 Å². The summed E-state index contributed by atoms with van der Waals surface area (Å²) in [5, 5.41) is 6.30. The zero-order chi connectivity index (χ0) is 16.8. The smallest absolute Gasteiger partial charge is 0.206 e. The number of hydrogen-bond donors (Lipinski definition) is 0. The summed E-state index contributed by atoms with van der Waals surface area (Å²) in [5.41, 5.74) is 1.84. The van der Waals surface area contributed by atoms with E-state index in [1.165, 1.54) is 17.4 Å². The molecule has 3 aromatic rings. The molecular weight excluding hydrogens is 323 g/mol. The number of nitrogens with zero attached hydrogens (tertiary/aromatic N) is 4. The fourth-order valence-electron chi connectivity index (χ4n) is 2.09. The summed E-state index contributed by atoms with van der Waals surface area (Å²) < 4.78 is 15.8. The van der Waals surface area contributed by atoms with E-state index in [-0.39, 0.29) is 5.82 Å². The van der Waals surface area contributed by atoms with Gasteiger partial charge in [-0.3, -0.25) is 9.98 Å². The first-order chi connectivity index (χ1) is 11.8. The summed E-state index contributed by atoms with van der Waals surface area (Å²) in [5.74, 6) is -0.299. The van der Waals surface area contributed by atoms with E-state index in [9.17, 15) is 4.39 Å². The molecule has 24 heavy (non-hydrogen) atoms. The molecule has 0 spiro atoms. The third-order valence-electron chi connectivity index (χ3n) is 3.18. The zero-order valence-corrected chi connectivity index (χ0v) is 13.7. The Morgan fingerprint density at radius 2 is 2.04 bits per heavy atom. The Morgan fingerprint density at radius 3 is 2.79 bits per heavy atom. The number of rotatable bonds is 5. The largest absolute Gasteiger partial charge is 0.255 e. The lowest BCUT2D eigenvalue weighted by Gasteiger charge is -2.04. The topological polar surface area (TPSA) is 42.5 Å². The van der Waals surface area contributed by atoms with Crippen LogP contribution < -0.4 is 4.80 Å². The number of benzene rings is 1. The van der Waals surface area contributed by atoms with Crippen LogP contribution in [0.3, 0.4) is 0 Å². The summed E-state index contributed by atoms with van der Waals surface area (Å²) in [4.78, 5) is 9.30. The molecule has 2 aromatic heterocycles. The average Bonchev–Trinajstić information content (AvgIpc) is 3.02. The number of halogens is 1. The van der Waals surface area contributed by atoms with Gasteiger partial charge in [0.25, 0.3) is 0 Å². The minimum Gasteiger partial charge on any atom is -0.255 e. The van der Waals surface area contributed by atoms with Crippen molar-refractivity contribution in [2.45, 2.75) is 0 Å². The van der Waals surface area contributed by atoms with Crippen molar-refractivity contribution in [2.75, 3.05) is 6.54 Å². The van der Waals surface area contributed by atoms with Gasteiger partial charge in [-0.1, -0.05) is 24.3 Å². The van der Waals surface area contributed by atoms with E-state index in [1.807, 2.05) is 23.6 Å². The third-order valence-corrected chi connectivity index (χ3v) is 4.04. The Labute approximate surface area is 143 Å². The van der Waals surface area contributed by atoms with Crippen LogP contribution in [0.15, 0.2) is 76.8 Å². The molecule has 0 aliphatic rings. The van der Waals surface area contributed by atoms with Crippen LogP contribution in [-0.4, -0.2) is 22.4 Å². The lowest BCUT2D eigenvalue weighted by Crippen LogP contribution is -2.13. The molecule has 0 unspecified atom stereocenters. The molecular formula is C18H15FN4S. The highest BCUT2D eigenvalue weighted by atomic mass is 32.1. The van der Waals surface area contributed by atoms with E-state index < -0.39 is 0 Å². The molecule has 3 rings (SSSR count). The normalized spacial score (nSPS) is 12.0. The molecule has 2 heterocycles. The molecule has 0 N–H and O–H groups in total. The van der Waals surface area contributed by atoms with Gasteiger partial charge in [0.05, 0.1) is 24.1 Å². The number of aromatic nitrogens is 2. The van der Waals surface area contributed by atoms with E-state index in [4.69, 9.17) is 0 Å². The fourth-order valence-corrected chi connectivity index (χ4v) is 2.92. The summed E-state index contributed by atoms with van der Waals surface area (Å²) >= 11 is 1.40. The average molecular weight is 338 g/mol. The van der Waals surface area contributed by atoms with Crippen LogP contribution in [0, 0.1) is 5.82 Å². The van der Waals surface area contributed by atoms with Crippen molar-refractivity contribution in [1.29, 1.82) is 0 Å². The van der Waals surface area contributed by atoms with Gasteiger partial charge in [-0.05, 0) is 24.3 Å². The van der Waals surface area contributed by atoms with Crippen LogP contribution in [0.2, 0.25) is 0 Å². The van der Waals surface area contributed by atoms with Crippen molar-refractivity contribution in [3.05, 3.63) is 83.0 Å².